The van der Waals surface area contributed by atoms with Gasteiger partial charge in [-0.3, -0.25) is 9.69 Å². The lowest BCUT2D eigenvalue weighted by molar-refractivity contribution is -0.120. The van der Waals surface area contributed by atoms with E-state index in [0.29, 0.717) is 23.9 Å². The molecule has 3 aliphatic heterocycles. The fourth-order valence-electron chi connectivity index (χ4n) is 8.84. The van der Waals surface area contributed by atoms with Gasteiger partial charge in [-0.15, -0.1) is 0 Å². The highest BCUT2D eigenvalue weighted by molar-refractivity contribution is 6.30. The predicted molar refractivity (Wildman–Crippen MR) is 249 cm³/mol. The van der Waals surface area contributed by atoms with Crippen molar-refractivity contribution in [3.8, 4) is 0 Å². The van der Waals surface area contributed by atoms with E-state index in [-0.39, 0.29) is 6.09 Å². The molecule has 1 saturated heterocycles. The van der Waals surface area contributed by atoms with Crippen molar-refractivity contribution in [2.75, 3.05) is 50.1 Å². The van der Waals surface area contributed by atoms with Crippen molar-refractivity contribution in [2.24, 2.45) is 0 Å². The van der Waals surface area contributed by atoms with Gasteiger partial charge in [-0.05, 0) is 118 Å². The maximum Gasteiger partial charge on any atom is 0.410 e. The van der Waals surface area contributed by atoms with Gasteiger partial charge in [0.05, 0.1) is 0 Å². The van der Waals surface area contributed by atoms with Crippen LogP contribution in [0.1, 0.15) is 88.0 Å². The zero-order valence-electron chi connectivity index (χ0n) is 36.3. The number of rotatable bonds is 5. The van der Waals surface area contributed by atoms with Gasteiger partial charge in [0.2, 0.25) is 0 Å². The Balaban J connectivity index is 0.000000187. The van der Waals surface area contributed by atoms with Crippen molar-refractivity contribution < 1.29 is 14.3 Å². The number of nitrogens with one attached hydrogen (secondary N) is 1. The lowest BCUT2D eigenvalue weighted by Gasteiger charge is -2.42. The van der Waals surface area contributed by atoms with Crippen LogP contribution in [0.15, 0.2) is 97.1 Å². The molecule has 1 aliphatic carbocycles. The molecule has 322 valence electrons. The van der Waals surface area contributed by atoms with Crippen LogP contribution in [-0.4, -0.2) is 85.7 Å². The molecule has 2 unspecified atom stereocenters. The molecule has 1 N–H and O–H groups in total. The molecule has 4 aliphatic rings. The summed E-state index contributed by atoms with van der Waals surface area (Å²) in [6, 6.07) is 35.0. The molecule has 8 rings (SSSR count). The van der Waals surface area contributed by atoms with E-state index in [2.05, 4.69) is 107 Å². The van der Waals surface area contributed by atoms with Crippen LogP contribution >= 0.6 is 23.2 Å². The van der Waals surface area contributed by atoms with Crippen molar-refractivity contribution >= 4 is 46.5 Å². The molecular weight excluding hydrogens is 789 g/mol. The first-order chi connectivity index (χ1) is 28.8. The number of ketones is 1. The van der Waals surface area contributed by atoms with Crippen LogP contribution < -0.4 is 15.1 Å². The lowest BCUT2D eigenvalue weighted by atomic mass is 9.97. The predicted octanol–water partition coefficient (Wildman–Crippen LogP) is 10.6. The van der Waals surface area contributed by atoms with Gasteiger partial charge in [0.15, 0.2) is 0 Å². The highest BCUT2D eigenvalue weighted by Gasteiger charge is 2.35. The number of nitrogens with zero attached hydrogens (tertiary/aromatic N) is 4. The molecule has 8 nitrogen and oxygen atoms in total. The summed E-state index contributed by atoms with van der Waals surface area (Å²) in [5.41, 5.74) is 7.55. The number of likely N-dealkylation sites (N-methyl/N-ethyl adjacent to an activating group) is 2. The van der Waals surface area contributed by atoms with Crippen molar-refractivity contribution in [1.82, 2.24) is 15.1 Å². The number of benzene rings is 4. The summed E-state index contributed by atoms with van der Waals surface area (Å²) in [4.78, 5) is 32.3. The highest BCUT2D eigenvalue weighted by atomic mass is 35.5. The van der Waals surface area contributed by atoms with Crippen molar-refractivity contribution in [3.63, 3.8) is 0 Å². The maximum atomic E-state index is 12.6. The SMILES string of the molecule is CN1CC(Cc2ccc(Cl)cc2)N(C2CCN(C(=O)OC(C)(C)C)CC2)Cc2ccccc21.CN1CC(Cc2ccc(Cl)cc2)NCc2ccccc21.O=C1CCCCC1. The van der Waals surface area contributed by atoms with E-state index in [1.165, 1.54) is 40.0 Å². The minimum absolute atomic E-state index is 0.195. The molecule has 2 atom stereocenters. The molecule has 3 heterocycles. The van der Waals surface area contributed by atoms with Crippen LogP contribution in [0.3, 0.4) is 0 Å². The zero-order chi connectivity index (χ0) is 42.6. The molecule has 60 heavy (non-hydrogen) atoms. The standard InChI is InChI=1S/C27H36ClN3O2.C17H19ClN2.C6H10O/c1-27(2,3)33-26(32)30-15-13-23(14-16-30)31-18-21-7-5-6-8-25(21)29(4)19-24(31)17-20-9-11-22(28)12-10-20;1-20-12-16(10-13-6-8-15(18)9-7-13)19-11-14-4-2-3-5-17(14)20;7-6-4-2-1-3-5-6/h5-12,23-24H,13-19H2,1-4H3;2-9,16,19H,10-12H2,1H3;1-5H2. The Kier molecular flexibility index (Phi) is 16.4. The van der Waals surface area contributed by atoms with Crippen LogP contribution in [0, 0.1) is 0 Å². The first kappa shape index (κ1) is 45.4. The number of likely N-dealkylation sites (tertiary alicyclic amines) is 1. The van der Waals surface area contributed by atoms with E-state index in [1.807, 2.05) is 49.9 Å². The number of carbonyl (C=O) groups is 2. The Labute approximate surface area is 369 Å². The first-order valence-electron chi connectivity index (χ1n) is 21.9. The Morgan fingerprint density at radius 2 is 1.25 bits per heavy atom. The second kappa shape index (κ2) is 21.6. The van der Waals surface area contributed by atoms with Crippen molar-refractivity contribution in [3.05, 3.63) is 129 Å². The van der Waals surface area contributed by atoms with Crippen LogP contribution in [0.2, 0.25) is 10.0 Å². The molecule has 4 aromatic carbocycles. The van der Waals surface area contributed by atoms with Gasteiger partial charge in [-0.1, -0.05) is 90.3 Å². The highest BCUT2D eigenvalue weighted by Crippen LogP contribution is 2.32. The van der Waals surface area contributed by atoms with Gasteiger partial charge >= 0.3 is 6.09 Å². The van der Waals surface area contributed by atoms with E-state index in [1.54, 1.807) is 0 Å². The molecule has 0 aromatic heterocycles. The number of hydrogen-bond donors (Lipinski definition) is 1. The summed E-state index contributed by atoms with van der Waals surface area (Å²) in [6.07, 6.45) is 8.96. The van der Waals surface area contributed by atoms with Crippen molar-refractivity contribution in [2.45, 2.75) is 115 Å². The van der Waals surface area contributed by atoms with Crippen LogP contribution in [0.25, 0.3) is 0 Å². The number of carbonyl (C=O) groups excluding carboxylic acids is 2. The Bertz CT molecular complexity index is 1970. The summed E-state index contributed by atoms with van der Waals surface area (Å²) >= 11 is 12.1. The molecule has 4 aromatic rings. The number of halogens is 2. The van der Waals surface area contributed by atoms with Crippen molar-refractivity contribution in [1.29, 1.82) is 0 Å². The second-order valence-corrected chi connectivity index (χ2v) is 18.8. The number of para-hydroxylation sites is 2. The number of ether oxygens (including phenoxy) is 1. The van der Waals surface area contributed by atoms with Gasteiger partial charge < -0.3 is 24.8 Å². The van der Waals surface area contributed by atoms with Crippen LogP contribution in [-0.2, 0) is 35.5 Å². The summed E-state index contributed by atoms with van der Waals surface area (Å²) in [5, 5.41) is 5.23. The molecule has 2 fully saturated rings. The molecule has 1 saturated carbocycles. The smallest absolute Gasteiger partial charge is 0.410 e. The normalized spacial score (nSPS) is 20.0. The number of hydrogen-bond acceptors (Lipinski definition) is 7. The van der Waals surface area contributed by atoms with Crippen LogP contribution in [0.4, 0.5) is 16.2 Å². The summed E-state index contributed by atoms with van der Waals surface area (Å²) in [7, 11) is 4.36. The topological polar surface area (TPSA) is 68.4 Å². The molecule has 0 spiro atoms. The van der Waals surface area contributed by atoms with E-state index >= 15 is 0 Å². The summed E-state index contributed by atoms with van der Waals surface area (Å²) < 4.78 is 5.60. The fourth-order valence-corrected chi connectivity index (χ4v) is 9.09. The van der Waals surface area contributed by atoms with Gasteiger partial charge in [0, 0.05) is 106 Å². The quantitative estimate of drug-likeness (QED) is 0.214. The van der Waals surface area contributed by atoms with Gasteiger partial charge in [0.1, 0.15) is 11.4 Å². The molecule has 1 amide bonds. The molecule has 0 radical (unpaired) electrons. The van der Waals surface area contributed by atoms with Gasteiger partial charge in [-0.25, -0.2) is 4.79 Å². The van der Waals surface area contributed by atoms with Crippen LogP contribution in [0.5, 0.6) is 0 Å². The van der Waals surface area contributed by atoms with Gasteiger partial charge in [0.25, 0.3) is 0 Å². The number of fused-ring (bicyclic) bond motifs is 2. The second-order valence-electron chi connectivity index (χ2n) is 17.9. The summed E-state index contributed by atoms with van der Waals surface area (Å²) in [6.45, 7) is 11.1. The van der Waals surface area contributed by atoms with E-state index < -0.39 is 5.60 Å². The summed E-state index contributed by atoms with van der Waals surface area (Å²) in [5.74, 6) is 0.464. The zero-order valence-corrected chi connectivity index (χ0v) is 37.9. The minimum Gasteiger partial charge on any atom is -0.444 e. The number of piperidine rings is 1. The monoisotopic (exact) mass is 853 g/mol. The molecule has 0 bridgehead atoms. The maximum absolute atomic E-state index is 12.6. The number of amides is 1. The van der Waals surface area contributed by atoms with E-state index in [0.717, 1.165) is 101 Å². The Hall–Kier alpha value is -4.08. The number of anilines is 2. The average Bonchev–Trinajstić information content (AvgIpc) is 3.48. The van der Waals surface area contributed by atoms with Gasteiger partial charge in [-0.2, -0.15) is 0 Å². The first-order valence-corrected chi connectivity index (χ1v) is 22.6. The Morgan fingerprint density at radius 1 is 0.717 bits per heavy atom. The minimum atomic E-state index is -0.462. The lowest BCUT2D eigenvalue weighted by Crippen LogP contribution is -2.52. The third-order valence-electron chi connectivity index (χ3n) is 12.0. The number of Topliss-reactive ketones (excluding diaryl/α,β-unsaturated/α-hetero) is 1. The fraction of sp³-hybridized carbons (Fsp3) is 0.480. The van der Waals surface area contributed by atoms with E-state index in [4.69, 9.17) is 27.9 Å². The largest absolute Gasteiger partial charge is 0.444 e. The average molecular weight is 855 g/mol. The Morgan fingerprint density at radius 3 is 1.82 bits per heavy atom. The molecular formula is C50H65Cl2N5O3. The third-order valence-corrected chi connectivity index (χ3v) is 12.5. The molecule has 10 heteroatoms. The van der Waals surface area contributed by atoms with E-state index in [9.17, 15) is 9.59 Å². The third kappa shape index (κ3) is 13.5.